The van der Waals surface area contributed by atoms with Gasteiger partial charge in [-0.15, -0.1) is 0 Å². The van der Waals surface area contributed by atoms with E-state index in [1.54, 1.807) is 19.1 Å². The van der Waals surface area contributed by atoms with Crippen LogP contribution in [0, 0.1) is 71.0 Å². The summed E-state index contributed by atoms with van der Waals surface area (Å²) in [7, 11) is 0. The van der Waals surface area contributed by atoms with Crippen LogP contribution in [0.15, 0.2) is 61.2 Å². The topological polar surface area (TPSA) is 105 Å². The third kappa shape index (κ3) is 6.64. The van der Waals surface area contributed by atoms with E-state index in [-0.39, 0.29) is 23.9 Å². The molecule has 6 fully saturated rings. The van der Waals surface area contributed by atoms with Gasteiger partial charge in [-0.25, -0.2) is 19.2 Å². The predicted octanol–water partition coefficient (Wildman–Crippen LogP) is 7.60. The summed E-state index contributed by atoms with van der Waals surface area (Å²) in [6.07, 6.45) is 10.3. The molecule has 2 aromatic carbocycles. The van der Waals surface area contributed by atoms with Crippen molar-refractivity contribution in [3.63, 3.8) is 0 Å². The molecule has 6 saturated carbocycles. The maximum absolute atomic E-state index is 13.1. The van der Waals surface area contributed by atoms with Gasteiger partial charge in [0.25, 0.3) is 0 Å². The van der Waals surface area contributed by atoms with E-state index in [1.165, 1.54) is 18.9 Å². The number of fused-ring (bicyclic) bond motifs is 11. The fourth-order valence-corrected chi connectivity index (χ4v) is 11.9. The van der Waals surface area contributed by atoms with Crippen LogP contribution in [0.2, 0.25) is 0 Å². The molecule has 2 aromatic rings. The molecule has 8 rings (SSSR count). The zero-order valence-corrected chi connectivity index (χ0v) is 29.6. The van der Waals surface area contributed by atoms with E-state index >= 15 is 0 Å². The molecule has 0 saturated heterocycles. The van der Waals surface area contributed by atoms with Gasteiger partial charge in [0, 0.05) is 11.6 Å². The number of hydrogen-bond acceptors (Lipinski definition) is 8. The average molecular weight is 695 g/mol. The Morgan fingerprint density at radius 1 is 0.608 bits per heavy atom. The van der Waals surface area contributed by atoms with Crippen molar-refractivity contribution in [3.8, 4) is 0 Å². The molecule has 0 amide bonds. The minimum Gasteiger partial charge on any atom is -0.462 e. The number of carbonyl (C=O) groups is 4. The first kappa shape index (κ1) is 34.2. The average Bonchev–Trinajstić information content (AvgIpc) is 3.98. The van der Waals surface area contributed by atoms with Crippen molar-refractivity contribution in [1.82, 2.24) is 0 Å². The molecule has 0 aliphatic heterocycles. The number of esters is 4. The summed E-state index contributed by atoms with van der Waals surface area (Å²) in [6.45, 7) is 10.7. The Hall–Kier alpha value is -3.94. The summed E-state index contributed by atoms with van der Waals surface area (Å²) in [6, 6.07) is 11.0. The van der Waals surface area contributed by atoms with Crippen molar-refractivity contribution in [3.05, 3.63) is 72.3 Å². The minimum absolute atomic E-state index is 0.298. The fraction of sp³-hybridized carbons (Fsp3) is 0.581. The lowest BCUT2D eigenvalue weighted by molar-refractivity contribution is -0.141. The highest BCUT2D eigenvalue weighted by atomic mass is 16.5. The Kier molecular flexibility index (Phi) is 9.30. The fourth-order valence-electron chi connectivity index (χ4n) is 11.9. The van der Waals surface area contributed by atoms with Gasteiger partial charge in [-0.2, -0.15) is 0 Å². The summed E-state index contributed by atoms with van der Waals surface area (Å²) in [5, 5.41) is 1.75. The zero-order chi connectivity index (χ0) is 35.4. The van der Waals surface area contributed by atoms with E-state index in [4.69, 9.17) is 18.9 Å². The van der Waals surface area contributed by atoms with E-state index in [0.29, 0.717) is 114 Å². The summed E-state index contributed by atoms with van der Waals surface area (Å²) in [5.74, 6) is 5.54. The van der Waals surface area contributed by atoms with Crippen LogP contribution in [0.4, 0.5) is 0 Å². The highest BCUT2D eigenvalue weighted by molar-refractivity contribution is 5.99. The Labute approximate surface area is 300 Å². The largest absolute Gasteiger partial charge is 0.462 e. The maximum atomic E-state index is 13.1. The first-order valence-electron chi connectivity index (χ1n) is 19.1. The van der Waals surface area contributed by atoms with E-state index in [9.17, 15) is 19.2 Å². The molecule has 6 aliphatic carbocycles. The Morgan fingerprint density at radius 3 is 1.55 bits per heavy atom. The van der Waals surface area contributed by atoms with Crippen LogP contribution in [0.1, 0.15) is 79.0 Å². The SMILES string of the molecule is C=CC(=O)OCC1CC2CC1C1CC(COC(=O)c3ccc4cc(C(=O)OCC5CC6C7CC(COC(=O)C(=C)C)C(C7)C6C5)ccc4c3)CC21. The third-order valence-electron chi connectivity index (χ3n) is 14.0. The van der Waals surface area contributed by atoms with E-state index < -0.39 is 0 Å². The molecule has 51 heavy (non-hydrogen) atoms. The van der Waals surface area contributed by atoms with Crippen molar-refractivity contribution in [1.29, 1.82) is 0 Å². The van der Waals surface area contributed by atoms with Crippen LogP contribution in [0.3, 0.4) is 0 Å². The second-order valence-electron chi connectivity index (χ2n) is 16.8. The molecule has 0 aromatic heterocycles. The molecule has 8 nitrogen and oxygen atoms in total. The Bertz CT molecular complexity index is 1740. The van der Waals surface area contributed by atoms with Crippen LogP contribution in [0.25, 0.3) is 10.8 Å². The second kappa shape index (κ2) is 13.9. The molecule has 8 heteroatoms. The summed E-state index contributed by atoms with van der Waals surface area (Å²) in [4.78, 5) is 49.7. The lowest BCUT2D eigenvalue weighted by atomic mass is 9.76. The van der Waals surface area contributed by atoms with Gasteiger partial charge in [0.15, 0.2) is 0 Å². The van der Waals surface area contributed by atoms with Crippen LogP contribution in [0.5, 0.6) is 0 Å². The van der Waals surface area contributed by atoms with Gasteiger partial charge in [-0.1, -0.05) is 25.3 Å². The molecule has 0 N–H and O–H groups in total. The number of hydrogen-bond donors (Lipinski definition) is 0. The van der Waals surface area contributed by atoms with E-state index in [1.807, 2.05) is 24.3 Å². The molecule has 6 aliphatic rings. The van der Waals surface area contributed by atoms with Crippen LogP contribution >= 0.6 is 0 Å². The second-order valence-corrected chi connectivity index (χ2v) is 16.8. The lowest BCUT2D eigenvalue weighted by Gasteiger charge is -2.31. The normalized spacial score (nSPS) is 35.3. The molecular weight excluding hydrogens is 644 g/mol. The molecule has 4 bridgehead atoms. The van der Waals surface area contributed by atoms with Gasteiger partial charge >= 0.3 is 23.9 Å². The molecular formula is C43H50O8. The van der Waals surface area contributed by atoms with E-state index in [2.05, 4.69) is 13.2 Å². The summed E-state index contributed by atoms with van der Waals surface area (Å²) < 4.78 is 22.6. The predicted molar refractivity (Wildman–Crippen MR) is 190 cm³/mol. The Morgan fingerprint density at radius 2 is 1.08 bits per heavy atom. The van der Waals surface area contributed by atoms with Gasteiger partial charge in [-0.3, -0.25) is 0 Å². The van der Waals surface area contributed by atoms with Crippen molar-refractivity contribution in [2.24, 2.45) is 71.0 Å². The first-order chi connectivity index (χ1) is 24.6. The third-order valence-corrected chi connectivity index (χ3v) is 14.0. The van der Waals surface area contributed by atoms with Gasteiger partial charge in [0.2, 0.25) is 0 Å². The first-order valence-corrected chi connectivity index (χ1v) is 19.1. The molecule has 0 radical (unpaired) electrons. The number of rotatable bonds is 12. The van der Waals surface area contributed by atoms with Gasteiger partial charge in [0.05, 0.1) is 37.6 Å². The minimum atomic E-state index is -0.344. The quantitative estimate of drug-likeness (QED) is 0.127. The molecule has 270 valence electrons. The monoisotopic (exact) mass is 694 g/mol. The zero-order valence-electron chi connectivity index (χ0n) is 29.6. The van der Waals surface area contributed by atoms with E-state index in [0.717, 1.165) is 49.3 Å². The van der Waals surface area contributed by atoms with Crippen molar-refractivity contribution in [2.75, 3.05) is 26.4 Å². The highest BCUT2D eigenvalue weighted by Crippen LogP contribution is 2.63. The lowest BCUT2D eigenvalue weighted by Crippen LogP contribution is -2.28. The molecule has 12 unspecified atom stereocenters. The Balaban J connectivity index is 0.796. The number of benzene rings is 2. The molecule has 0 spiro atoms. The van der Waals surface area contributed by atoms with Crippen molar-refractivity contribution in [2.45, 2.75) is 58.3 Å². The van der Waals surface area contributed by atoms with Crippen molar-refractivity contribution >= 4 is 34.6 Å². The van der Waals surface area contributed by atoms with Crippen LogP contribution in [-0.2, 0) is 28.5 Å². The van der Waals surface area contributed by atoms with Gasteiger partial charge < -0.3 is 18.9 Å². The van der Waals surface area contributed by atoms with Crippen molar-refractivity contribution < 1.29 is 38.1 Å². The highest BCUT2D eigenvalue weighted by Gasteiger charge is 2.57. The number of ether oxygens (including phenoxy) is 4. The van der Waals surface area contributed by atoms with Crippen LogP contribution < -0.4 is 0 Å². The molecule has 12 atom stereocenters. The summed E-state index contributed by atoms with van der Waals surface area (Å²) in [5.41, 5.74) is 1.47. The summed E-state index contributed by atoms with van der Waals surface area (Å²) >= 11 is 0. The molecule has 0 heterocycles. The van der Waals surface area contributed by atoms with Gasteiger partial charge in [0.1, 0.15) is 0 Å². The maximum Gasteiger partial charge on any atom is 0.338 e. The van der Waals surface area contributed by atoms with Gasteiger partial charge in [-0.05, 0) is 164 Å². The smallest absolute Gasteiger partial charge is 0.338 e. The number of carbonyl (C=O) groups excluding carboxylic acids is 4. The van der Waals surface area contributed by atoms with Crippen LogP contribution in [-0.4, -0.2) is 50.3 Å². The standard InChI is InChI=1S/C43H50O8/c1-4-40(44)48-21-32-15-30-17-36(32)38-11-24(9-34(30)38)19-49-42(46)28-7-5-27-14-29(8-6-26(27)13-28)43(47)50-20-25-10-35-31-16-33(22-51-41(45)23(2)3)37(18-31)39(35)12-25/h4-8,13-14,24-25,30-39H,1-2,9-12,15-22H2,3H3.